The minimum atomic E-state index is -0.854. The van der Waals surface area contributed by atoms with Crippen LogP contribution in [0.2, 0.25) is 0 Å². The molecule has 0 aliphatic carbocycles. The molecule has 1 N–H and O–H groups in total. The zero-order valence-corrected chi connectivity index (χ0v) is 18.1. The van der Waals surface area contributed by atoms with Crippen LogP contribution in [0.15, 0.2) is 84.9 Å². The Kier molecular flexibility index (Phi) is 6.18. The molecule has 156 valence electrons. The molecule has 0 saturated heterocycles. The quantitative estimate of drug-likeness (QED) is 0.360. The number of aromatic carboxylic acids is 1. The third kappa shape index (κ3) is 4.69. The first-order valence-corrected chi connectivity index (χ1v) is 10.9. The number of carboxylic acid groups (broad SMARTS) is 1. The molecule has 0 aliphatic heterocycles. The Bertz CT molecular complexity index is 1190. The summed E-state index contributed by atoms with van der Waals surface area (Å²) in [5, 5.41) is 12.4. The first kappa shape index (κ1) is 20.9. The number of hydrogen-bond acceptors (Lipinski definition) is 1. The molecule has 0 aromatic heterocycles. The second-order valence-electron chi connectivity index (χ2n) is 8.63. The van der Waals surface area contributed by atoms with Gasteiger partial charge in [-0.3, -0.25) is 0 Å². The van der Waals surface area contributed by atoms with Crippen LogP contribution in [-0.2, 0) is 19.3 Å². The lowest BCUT2D eigenvalue weighted by Crippen LogP contribution is -2.09. The van der Waals surface area contributed by atoms with Gasteiger partial charge in [0.05, 0.1) is 5.56 Å². The average molecular weight is 409 g/mol. The third-order valence-electron chi connectivity index (χ3n) is 5.76. The maximum absolute atomic E-state index is 12.4. The van der Waals surface area contributed by atoms with Crippen LogP contribution < -0.4 is 0 Å². The van der Waals surface area contributed by atoms with E-state index < -0.39 is 5.97 Å². The van der Waals surface area contributed by atoms with Crippen LogP contribution in [0.1, 0.15) is 52.0 Å². The molecule has 2 heteroatoms. The molecule has 31 heavy (non-hydrogen) atoms. The minimum Gasteiger partial charge on any atom is -0.478 e. The Hall–Kier alpha value is -3.39. The molecule has 0 fully saturated rings. The van der Waals surface area contributed by atoms with Gasteiger partial charge in [0.1, 0.15) is 0 Å². The number of carboxylic acids is 1. The van der Waals surface area contributed by atoms with Crippen molar-refractivity contribution in [3.63, 3.8) is 0 Å². The van der Waals surface area contributed by atoms with Gasteiger partial charge in [0.15, 0.2) is 0 Å². The molecule has 0 atom stereocenters. The fraction of sp³-hybridized carbons (Fsp3) is 0.207. The summed E-state index contributed by atoms with van der Waals surface area (Å²) in [5.74, 6) is -0.407. The van der Waals surface area contributed by atoms with Crippen molar-refractivity contribution < 1.29 is 9.90 Å². The number of hydrogen-bond donors (Lipinski definition) is 1. The van der Waals surface area contributed by atoms with E-state index in [2.05, 4.69) is 68.4 Å². The Morgan fingerprint density at radius 3 is 1.97 bits per heavy atom. The van der Waals surface area contributed by atoms with Crippen molar-refractivity contribution in [2.24, 2.45) is 5.92 Å². The van der Waals surface area contributed by atoms with Crippen molar-refractivity contribution in [1.82, 2.24) is 0 Å². The van der Waals surface area contributed by atoms with E-state index in [1.54, 1.807) is 0 Å². The lowest BCUT2D eigenvalue weighted by molar-refractivity contribution is 0.0696. The molecule has 2 nitrogen and oxygen atoms in total. The van der Waals surface area contributed by atoms with Crippen molar-refractivity contribution >= 4 is 16.7 Å². The van der Waals surface area contributed by atoms with E-state index in [0.717, 1.165) is 34.9 Å². The van der Waals surface area contributed by atoms with Gasteiger partial charge in [0.25, 0.3) is 0 Å². The second-order valence-corrected chi connectivity index (χ2v) is 8.63. The minimum absolute atomic E-state index is 0.424. The van der Waals surface area contributed by atoms with Crippen LogP contribution >= 0.6 is 0 Å². The maximum Gasteiger partial charge on any atom is 0.336 e. The highest BCUT2D eigenvalue weighted by molar-refractivity contribution is 6.01. The van der Waals surface area contributed by atoms with E-state index in [1.165, 1.54) is 16.5 Å². The molecule has 0 bridgehead atoms. The molecule has 0 heterocycles. The van der Waals surface area contributed by atoms with Gasteiger partial charge in [-0.1, -0.05) is 92.7 Å². The van der Waals surface area contributed by atoms with Crippen LogP contribution in [0, 0.1) is 5.92 Å². The van der Waals surface area contributed by atoms with Crippen LogP contribution in [0.3, 0.4) is 0 Å². The Morgan fingerprint density at radius 1 is 0.774 bits per heavy atom. The highest BCUT2D eigenvalue weighted by Crippen LogP contribution is 2.33. The summed E-state index contributed by atoms with van der Waals surface area (Å²) in [6, 6.07) is 28.9. The van der Waals surface area contributed by atoms with Crippen LogP contribution in [0.5, 0.6) is 0 Å². The molecule has 0 unspecified atom stereocenters. The van der Waals surface area contributed by atoms with Crippen molar-refractivity contribution in [2.75, 3.05) is 0 Å². The zero-order chi connectivity index (χ0) is 21.8. The molecule has 0 saturated carbocycles. The van der Waals surface area contributed by atoms with Crippen molar-refractivity contribution in [3.05, 3.63) is 118 Å². The lowest BCUT2D eigenvalue weighted by Gasteiger charge is -2.19. The smallest absolute Gasteiger partial charge is 0.336 e. The normalized spacial score (nSPS) is 11.2. The number of rotatable bonds is 7. The predicted octanol–water partition coefficient (Wildman–Crippen LogP) is 6.92. The van der Waals surface area contributed by atoms with Gasteiger partial charge in [-0.05, 0) is 69.8 Å². The molecule has 4 rings (SSSR count). The Balaban J connectivity index is 1.99. The highest BCUT2D eigenvalue weighted by Gasteiger charge is 2.20. The van der Waals surface area contributed by atoms with Gasteiger partial charge >= 0.3 is 5.97 Å². The monoisotopic (exact) mass is 408 g/mol. The van der Waals surface area contributed by atoms with E-state index in [9.17, 15) is 9.90 Å². The molecule has 0 aliphatic rings. The van der Waals surface area contributed by atoms with Gasteiger partial charge in [0, 0.05) is 0 Å². The van der Waals surface area contributed by atoms with E-state index in [4.69, 9.17) is 0 Å². The Morgan fingerprint density at radius 2 is 1.39 bits per heavy atom. The van der Waals surface area contributed by atoms with E-state index in [0.29, 0.717) is 17.9 Å². The summed E-state index contributed by atoms with van der Waals surface area (Å²) in [6.45, 7) is 4.36. The summed E-state index contributed by atoms with van der Waals surface area (Å²) in [4.78, 5) is 12.4. The van der Waals surface area contributed by atoms with Crippen molar-refractivity contribution in [2.45, 2.75) is 33.1 Å². The lowest BCUT2D eigenvalue weighted by atomic mass is 9.85. The van der Waals surface area contributed by atoms with Gasteiger partial charge in [-0.25, -0.2) is 4.79 Å². The predicted molar refractivity (Wildman–Crippen MR) is 128 cm³/mol. The molecular formula is C29H28O2. The number of fused-ring (bicyclic) bond motifs is 1. The Labute approximate surface area is 184 Å². The highest BCUT2D eigenvalue weighted by atomic mass is 16.4. The van der Waals surface area contributed by atoms with Gasteiger partial charge < -0.3 is 5.11 Å². The summed E-state index contributed by atoms with van der Waals surface area (Å²) in [5.41, 5.74) is 5.99. The van der Waals surface area contributed by atoms with E-state index in [1.807, 2.05) is 30.3 Å². The fourth-order valence-electron chi connectivity index (χ4n) is 4.44. The first-order chi connectivity index (χ1) is 15.0. The van der Waals surface area contributed by atoms with Gasteiger partial charge in [0.2, 0.25) is 0 Å². The van der Waals surface area contributed by atoms with Crippen LogP contribution in [0.25, 0.3) is 10.8 Å². The molecule has 0 radical (unpaired) electrons. The summed E-state index contributed by atoms with van der Waals surface area (Å²) >= 11 is 0. The fourth-order valence-corrected chi connectivity index (χ4v) is 4.44. The second kappa shape index (κ2) is 9.18. The first-order valence-electron chi connectivity index (χ1n) is 10.9. The topological polar surface area (TPSA) is 37.3 Å². The molecular weight excluding hydrogens is 380 g/mol. The number of carbonyl (C=O) groups is 1. The molecule has 4 aromatic rings. The van der Waals surface area contributed by atoms with Crippen LogP contribution in [-0.4, -0.2) is 11.1 Å². The summed E-state index contributed by atoms with van der Waals surface area (Å²) < 4.78 is 0. The number of benzene rings is 4. The summed E-state index contributed by atoms with van der Waals surface area (Å²) in [6.07, 6.45) is 2.24. The van der Waals surface area contributed by atoms with E-state index >= 15 is 0 Å². The molecule has 4 aromatic carbocycles. The zero-order valence-electron chi connectivity index (χ0n) is 18.1. The molecule has 0 spiro atoms. The third-order valence-corrected chi connectivity index (χ3v) is 5.76. The van der Waals surface area contributed by atoms with E-state index in [-0.39, 0.29) is 0 Å². The summed E-state index contributed by atoms with van der Waals surface area (Å²) in [7, 11) is 0. The van der Waals surface area contributed by atoms with Gasteiger partial charge in [-0.2, -0.15) is 0 Å². The SMILES string of the molecule is CC(C)Cc1cc(C(=O)O)c(Cc2ccccc2)c2c(Cc3ccccc3)cccc12. The maximum atomic E-state index is 12.4. The van der Waals surface area contributed by atoms with Crippen molar-refractivity contribution in [1.29, 1.82) is 0 Å². The average Bonchev–Trinajstić information content (AvgIpc) is 2.76. The standard InChI is InChI=1S/C29H28O2/c1-20(2)16-24-19-27(29(30)31)26(18-22-12-7-4-8-13-22)28-23(14-9-15-25(24)28)17-21-10-5-3-6-11-21/h3-15,19-20H,16-18H2,1-2H3,(H,30,31). The van der Waals surface area contributed by atoms with Gasteiger partial charge in [-0.15, -0.1) is 0 Å². The molecule has 0 amide bonds. The van der Waals surface area contributed by atoms with Crippen molar-refractivity contribution in [3.8, 4) is 0 Å². The van der Waals surface area contributed by atoms with Crippen LogP contribution in [0.4, 0.5) is 0 Å². The largest absolute Gasteiger partial charge is 0.478 e.